The summed E-state index contributed by atoms with van der Waals surface area (Å²) in [4.78, 5) is 10.4. The summed E-state index contributed by atoms with van der Waals surface area (Å²) in [6, 6.07) is 6.00. The Kier molecular flexibility index (Phi) is 3.52. The van der Waals surface area contributed by atoms with Gasteiger partial charge in [0.15, 0.2) is 0 Å². The number of fused-ring (bicyclic) bond motifs is 1. The summed E-state index contributed by atoms with van der Waals surface area (Å²) >= 11 is 0. The zero-order chi connectivity index (χ0) is 14.9. The molecule has 3 heterocycles. The second-order valence-corrected chi connectivity index (χ2v) is 5.95. The van der Waals surface area contributed by atoms with Crippen molar-refractivity contribution < 1.29 is 9.84 Å². The van der Waals surface area contributed by atoms with E-state index < -0.39 is 6.10 Å². The van der Waals surface area contributed by atoms with Crippen LogP contribution in [0.2, 0.25) is 0 Å². The molecule has 1 aromatic heterocycles. The minimum absolute atomic E-state index is 0.0703. The molecule has 5 heteroatoms. The second-order valence-electron chi connectivity index (χ2n) is 5.95. The number of ether oxygens (including phenoxy) is 1. The molecule has 5 nitrogen and oxygen atoms in total. The molecular weight excluding hydrogens is 278 g/mol. The lowest BCUT2D eigenvalue weighted by Crippen LogP contribution is -2.44. The summed E-state index contributed by atoms with van der Waals surface area (Å²) in [5.74, 6) is 0.768. The van der Waals surface area contributed by atoms with Gasteiger partial charge in [0.05, 0.1) is 6.04 Å². The Morgan fingerprint density at radius 3 is 2.64 bits per heavy atom. The third kappa shape index (κ3) is 2.36. The number of nitrogens with zero attached hydrogens (tertiary/aromatic N) is 3. The van der Waals surface area contributed by atoms with Gasteiger partial charge < -0.3 is 9.84 Å². The average Bonchev–Trinajstić information content (AvgIpc) is 3.10. The molecule has 4 rings (SSSR count). The van der Waals surface area contributed by atoms with E-state index in [1.54, 1.807) is 12.4 Å². The van der Waals surface area contributed by atoms with Gasteiger partial charge in [0.1, 0.15) is 24.8 Å². The SMILES string of the molecule is O[C@@H]1c2ccc(-c3cncnc3)cc2OC[C@H]1N1CCCC1. The van der Waals surface area contributed by atoms with Gasteiger partial charge in [-0.25, -0.2) is 9.97 Å². The first-order valence-corrected chi connectivity index (χ1v) is 7.77. The molecule has 114 valence electrons. The summed E-state index contributed by atoms with van der Waals surface area (Å²) < 4.78 is 5.94. The van der Waals surface area contributed by atoms with Crippen molar-refractivity contribution >= 4 is 0 Å². The van der Waals surface area contributed by atoms with Crippen molar-refractivity contribution in [2.75, 3.05) is 19.7 Å². The lowest BCUT2D eigenvalue weighted by molar-refractivity contribution is 0.0140. The van der Waals surface area contributed by atoms with E-state index in [1.165, 1.54) is 19.2 Å². The van der Waals surface area contributed by atoms with Crippen LogP contribution in [0.3, 0.4) is 0 Å². The van der Waals surface area contributed by atoms with Crippen LogP contribution in [0.25, 0.3) is 11.1 Å². The van der Waals surface area contributed by atoms with E-state index in [9.17, 15) is 5.11 Å². The molecule has 0 amide bonds. The van der Waals surface area contributed by atoms with E-state index in [0.29, 0.717) is 6.61 Å². The third-order valence-electron chi connectivity index (χ3n) is 4.61. The van der Waals surface area contributed by atoms with Crippen LogP contribution in [0.15, 0.2) is 36.9 Å². The first-order valence-electron chi connectivity index (χ1n) is 7.77. The molecule has 0 bridgehead atoms. The van der Waals surface area contributed by atoms with Crippen molar-refractivity contribution in [1.82, 2.24) is 14.9 Å². The van der Waals surface area contributed by atoms with Crippen LogP contribution in [0.5, 0.6) is 5.75 Å². The van der Waals surface area contributed by atoms with Gasteiger partial charge in [-0.2, -0.15) is 0 Å². The Hall–Kier alpha value is -1.98. The predicted molar refractivity (Wildman–Crippen MR) is 82.5 cm³/mol. The highest BCUT2D eigenvalue weighted by molar-refractivity contribution is 5.65. The molecule has 1 N–H and O–H groups in total. The van der Waals surface area contributed by atoms with Gasteiger partial charge in [0.25, 0.3) is 0 Å². The van der Waals surface area contributed by atoms with Crippen LogP contribution < -0.4 is 4.74 Å². The lowest BCUT2D eigenvalue weighted by atomic mass is 9.95. The van der Waals surface area contributed by atoms with Gasteiger partial charge in [0.2, 0.25) is 0 Å². The number of likely N-dealkylation sites (tertiary alicyclic amines) is 1. The van der Waals surface area contributed by atoms with Gasteiger partial charge in [-0.3, -0.25) is 4.90 Å². The first kappa shape index (κ1) is 13.7. The molecule has 2 aliphatic heterocycles. The number of aliphatic hydroxyl groups is 1. The lowest BCUT2D eigenvalue weighted by Gasteiger charge is -2.36. The van der Waals surface area contributed by atoms with Crippen molar-refractivity contribution in [3.63, 3.8) is 0 Å². The number of benzene rings is 1. The Morgan fingerprint density at radius 1 is 1.09 bits per heavy atom. The molecule has 1 aromatic carbocycles. The van der Waals surface area contributed by atoms with E-state index in [4.69, 9.17) is 4.74 Å². The van der Waals surface area contributed by atoms with E-state index in [0.717, 1.165) is 35.5 Å². The zero-order valence-corrected chi connectivity index (χ0v) is 12.4. The Balaban J connectivity index is 1.63. The summed E-state index contributed by atoms with van der Waals surface area (Å²) in [7, 11) is 0. The van der Waals surface area contributed by atoms with Crippen molar-refractivity contribution in [2.45, 2.75) is 25.0 Å². The average molecular weight is 297 g/mol. The van der Waals surface area contributed by atoms with E-state index in [-0.39, 0.29) is 6.04 Å². The van der Waals surface area contributed by atoms with Gasteiger partial charge in [-0.1, -0.05) is 12.1 Å². The fourth-order valence-electron chi connectivity index (χ4n) is 3.38. The number of rotatable bonds is 2. The molecule has 2 atom stereocenters. The van der Waals surface area contributed by atoms with Gasteiger partial charge in [0, 0.05) is 23.5 Å². The number of aliphatic hydroxyl groups excluding tert-OH is 1. The van der Waals surface area contributed by atoms with Gasteiger partial charge >= 0.3 is 0 Å². The summed E-state index contributed by atoms with van der Waals surface area (Å²) in [5, 5.41) is 10.7. The fraction of sp³-hybridized carbons (Fsp3) is 0.412. The molecule has 22 heavy (non-hydrogen) atoms. The molecule has 0 aliphatic carbocycles. The molecule has 2 aromatic rings. The topological polar surface area (TPSA) is 58.5 Å². The monoisotopic (exact) mass is 297 g/mol. The van der Waals surface area contributed by atoms with Crippen LogP contribution in [-0.2, 0) is 0 Å². The highest BCUT2D eigenvalue weighted by Crippen LogP contribution is 2.37. The van der Waals surface area contributed by atoms with Crippen LogP contribution in [0.4, 0.5) is 0 Å². The number of hydrogen-bond donors (Lipinski definition) is 1. The van der Waals surface area contributed by atoms with Crippen LogP contribution in [-0.4, -0.2) is 45.7 Å². The van der Waals surface area contributed by atoms with Crippen molar-refractivity contribution in [2.24, 2.45) is 0 Å². The second kappa shape index (κ2) is 5.66. The largest absolute Gasteiger partial charge is 0.491 e. The van der Waals surface area contributed by atoms with E-state index in [1.807, 2.05) is 18.2 Å². The van der Waals surface area contributed by atoms with Gasteiger partial charge in [-0.05, 0) is 37.6 Å². The van der Waals surface area contributed by atoms with Crippen molar-refractivity contribution in [3.8, 4) is 16.9 Å². The minimum Gasteiger partial charge on any atom is -0.491 e. The van der Waals surface area contributed by atoms with Crippen LogP contribution in [0, 0.1) is 0 Å². The maximum atomic E-state index is 10.7. The quantitative estimate of drug-likeness (QED) is 0.919. The number of hydrogen-bond acceptors (Lipinski definition) is 5. The Morgan fingerprint density at radius 2 is 1.86 bits per heavy atom. The van der Waals surface area contributed by atoms with Crippen LogP contribution >= 0.6 is 0 Å². The molecule has 0 saturated carbocycles. The highest BCUT2D eigenvalue weighted by atomic mass is 16.5. The highest BCUT2D eigenvalue weighted by Gasteiger charge is 2.34. The molecule has 1 fully saturated rings. The van der Waals surface area contributed by atoms with Crippen molar-refractivity contribution in [3.05, 3.63) is 42.5 Å². The molecule has 2 aliphatic rings. The Bertz CT molecular complexity index is 656. The smallest absolute Gasteiger partial charge is 0.125 e. The normalized spacial score (nSPS) is 24.8. The van der Waals surface area contributed by atoms with Crippen LogP contribution in [0.1, 0.15) is 24.5 Å². The summed E-state index contributed by atoms with van der Waals surface area (Å²) in [5.41, 5.74) is 2.83. The molecule has 0 radical (unpaired) electrons. The zero-order valence-electron chi connectivity index (χ0n) is 12.4. The van der Waals surface area contributed by atoms with Crippen molar-refractivity contribution in [1.29, 1.82) is 0 Å². The fourth-order valence-corrected chi connectivity index (χ4v) is 3.38. The summed E-state index contributed by atoms with van der Waals surface area (Å²) in [6.07, 6.45) is 7.01. The third-order valence-corrected chi connectivity index (χ3v) is 4.61. The van der Waals surface area contributed by atoms with E-state index >= 15 is 0 Å². The Labute approximate surface area is 129 Å². The molecule has 0 spiro atoms. The maximum Gasteiger partial charge on any atom is 0.125 e. The van der Waals surface area contributed by atoms with Gasteiger partial charge in [-0.15, -0.1) is 0 Å². The molecule has 0 unspecified atom stereocenters. The number of aromatic nitrogens is 2. The first-order chi connectivity index (χ1) is 10.8. The molecular formula is C17H19N3O2. The maximum absolute atomic E-state index is 10.7. The summed E-state index contributed by atoms with van der Waals surface area (Å²) in [6.45, 7) is 2.66. The standard InChI is InChI=1S/C17H19N3O2/c21-17-14-4-3-12(13-8-18-11-19-9-13)7-16(14)22-10-15(17)20-5-1-2-6-20/h3-4,7-9,11,15,17,21H,1-2,5-6,10H2/t15-,17-/m1/s1. The van der Waals surface area contributed by atoms with E-state index in [2.05, 4.69) is 14.9 Å². The molecule has 1 saturated heterocycles. The minimum atomic E-state index is -0.483. The predicted octanol–water partition coefficient (Wildman–Crippen LogP) is 2.03.